The van der Waals surface area contributed by atoms with E-state index in [9.17, 15) is 5.11 Å². The minimum Gasteiger partial charge on any atom is -0.504 e. The molecule has 1 rings (SSSR count). The summed E-state index contributed by atoms with van der Waals surface area (Å²) >= 11 is 0. The van der Waals surface area contributed by atoms with E-state index in [4.69, 9.17) is 10.5 Å². The molecule has 0 radical (unpaired) electrons. The summed E-state index contributed by atoms with van der Waals surface area (Å²) in [6.45, 7) is 0.317. The van der Waals surface area contributed by atoms with Crippen LogP contribution in [0.1, 0.15) is 5.69 Å². The topological polar surface area (TPSA) is 68.4 Å². The summed E-state index contributed by atoms with van der Waals surface area (Å²) in [5, 5.41) is 9.20. The summed E-state index contributed by atoms with van der Waals surface area (Å²) in [4.78, 5) is 3.92. The van der Waals surface area contributed by atoms with Gasteiger partial charge in [-0.15, -0.1) is 0 Å². The van der Waals surface area contributed by atoms with Crippen molar-refractivity contribution in [2.45, 2.75) is 6.54 Å². The van der Waals surface area contributed by atoms with Crippen molar-refractivity contribution in [3.05, 3.63) is 18.0 Å². The molecule has 1 aromatic heterocycles. The third-order valence-corrected chi connectivity index (χ3v) is 1.33. The fraction of sp³-hybridized carbons (Fsp3) is 0.286. The van der Waals surface area contributed by atoms with Crippen LogP contribution < -0.4 is 10.5 Å². The lowest BCUT2D eigenvalue weighted by Gasteiger charge is -2.02. The van der Waals surface area contributed by atoms with E-state index < -0.39 is 0 Å². The van der Waals surface area contributed by atoms with Gasteiger partial charge in [0, 0.05) is 12.6 Å². The molecule has 3 N–H and O–H groups in total. The highest BCUT2D eigenvalue weighted by Crippen LogP contribution is 2.23. The fourth-order valence-electron chi connectivity index (χ4n) is 0.743. The SMILES string of the molecule is COc1cnc(CN)cc1O. The Morgan fingerprint density at radius 3 is 2.91 bits per heavy atom. The van der Waals surface area contributed by atoms with Gasteiger partial charge in [0.15, 0.2) is 11.5 Å². The Labute approximate surface area is 64.6 Å². The van der Waals surface area contributed by atoms with Crippen molar-refractivity contribution in [1.82, 2.24) is 4.98 Å². The van der Waals surface area contributed by atoms with E-state index in [-0.39, 0.29) is 5.75 Å². The Morgan fingerprint density at radius 1 is 1.73 bits per heavy atom. The van der Waals surface area contributed by atoms with Crippen LogP contribution in [0.2, 0.25) is 0 Å². The zero-order valence-electron chi connectivity index (χ0n) is 6.24. The van der Waals surface area contributed by atoms with Gasteiger partial charge in [-0.25, -0.2) is 0 Å². The smallest absolute Gasteiger partial charge is 0.178 e. The lowest BCUT2D eigenvalue weighted by atomic mass is 10.3. The average molecular weight is 154 g/mol. The van der Waals surface area contributed by atoms with Crippen LogP contribution in [0.5, 0.6) is 11.5 Å². The maximum atomic E-state index is 9.20. The van der Waals surface area contributed by atoms with Crippen LogP contribution >= 0.6 is 0 Å². The highest BCUT2D eigenvalue weighted by molar-refractivity contribution is 5.37. The molecule has 0 spiro atoms. The minimum atomic E-state index is 0.0722. The zero-order valence-corrected chi connectivity index (χ0v) is 6.24. The number of methoxy groups -OCH3 is 1. The van der Waals surface area contributed by atoms with E-state index in [1.54, 1.807) is 0 Å². The van der Waals surface area contributed by atoms with Crippen molar-refractivity contribution in [3.8, 4) is 11.5 Å². The first-order valence-electron chi connectivity index (χ1n) is 3.20. The minimum absolute atomic E-state index is 0.0722. The van der Waals surface area contributed by atoms with Gasteiger partial charge in [0.25, 0.3) is 0 Å². The Kier molecular flexibility index (Phi) is 2.28. The summed E-state index contributed by atoms with van der Waals surface area (Å²) in [5.74, 6) is 0.435. The number of aromatic hydroxyl groups is 1. The monoisotopic (exact) mass is 154 g/mol. The summed E-state index contributed by atoms with van der Waals surface area (Å²) in [7, 11) is 1.47. The Balaban J connectivity index is 2.99. The maximum absolute atomic E-state index is 9.20. The highest BCUT2D eigenvalue weighted by Gasteiger charge is 2.01. The summed E-state index contributed by atoms with van der Waals surface area (Å²) in [6, 6.07) is 1.48. The first kappa shape index (κ1) is 7.81. The molecule has 0 aliphatic heterocycles. The second-order valence-electron chi connectivity index (χ2n) is 2.05. The van der Waals surface area contributed by atoms with Crippen LogP contribution in [-0.2, 0) is 6.54 Å². The number of nitrogens with two attached hydrogens (primary N) is 1. The van der Waals surface area contributed by atoms with E-state index >= 15 is 0 Å². The van der Waals surface area contributed by atoms with Crippen molar-refractivity contribution in [2.75, 3.05) is 7.11 Å². The quantitative estimate of drug-likeness (QED) is 0.640. The molecule has 0 saturated heterocycles. The van der Waals surface area contributed by atoms with Crippen LogP contribution in [0.4, 0.5) is 0 Å². The van der Waals surface area contributed by atoms with Crippen molar-refractivity contribution in [3.63, 3.8) is 0 Å². The first-order chi connectivity index (χ1) is 5.27. The molecule has 11 heavy (non-hydrogen) atoms. The van der Waals surface area contributed by atoms with Gasteiger partial charge in [-0.3, -0.25) is 4.98 Å². The van der Waals surface area contributed by atoms with E-state index in [0.29, 0.717) is 18.0 Å². The van der Waals surface area contributed by atoms with E-state index in [2.05, 4.69) is 4.98 Å². The molecule has 0 aliphatic carbocycles. The van der Waals surface area contributed by atoms with Gasteiger partial charge in [-0.05, 0) is 0 Å². The lowest BCUT2D eigenvalue weighted by Crippen LogP contribution is -1.99. The summed E-state index contributed by atoms with van der Waals surface area (Å²) in [6.07, 6.45) is 1.44. The van der Waals surface area contributed by atoms with Crippen LogP contribution in [-0.4, -0.2) is 17.2 Å². The van der Waals surface area contributed by atoms with Crippen molar-refractivity contribution < 1.29 is 9.84 Å². The number of nitrogens with zero attached hydrogens (tertiary/aromatic N) is 1. The third kappa shape index (κ3) is 1.59. The van der Waals surface area contributed by atoms with Gasteiger partial charge in [0.1, 0.15) is 0 Å². The number of rotatable bonds is 2. The molecule has 0 atom stereocenters. The molecular weight excluding hydrogens is 144 g/mol. The summed E-state index contributed by atoms with van der Waals surface area (Å²) in [5.41, 5.74) is 5.94. The number of hydrogen-bond donors (Lipinski definition) is 2. The van der Waals surface area contributed by atoms with Gasteiger partial charge in [-0.2, -0.15) is 0 Å². The van der Waals surface area contributed by atoms with Gasteiger partial charge >= 0.3 is 0 Å². The molecule has 0 aromatic carbocycles. The number of hydrogen-bond acceptors (Lipinski definition) is 4. The third-order valence-electron chi connectivity index (χ3n) is 1.33. The molecule has 0 bridgehead atoms. The number of aromatic nitrogens is 1. The van der Waals surface area contributed by atoms with E-state index in [1.165, 1.54) is 19.4 Å². The first-order valence-corrected chi connectivity index (χ1v) is 3.20. The normalized spacial score (nSPS) is 9.64. The molecule has 4 heteroatoms. The zero-order chi connectivity index (χ0) is 8.27. The van der Waals surface area contributed by atoms with Gasteiger partial charge in [0.05, 0.1) is 19.0 Å². The van der Waals surface area contributed by atoms with Crippen molar-refractivity contribution in [1.29, 1.82) is 0 Å². The predicted octanol–water partition coefficient (Wildman–Crippen LogP) is 0.254. The molecular formula is C7H10N2O2. The summed E-state index contributed by atoms with van der Waals surface area (Å²) < 4.78 is 4.79. The van der Waals surface area contributed by atoms with Crippen LogP contribution in [0.15, 0.2) is 12.3 Å². The molecule has 60 valence electrons. The standard InChI is InChI=1S/C7H10N2O2/c1-11-7-4-9-5(3-8)2-6(7)10/h2,4H,3,8H2,1H3,(H,9,10). The second kappa shape index (κ2) is 3.21. The second-order valence-corrected chi connectivity index (χ2v) is 2.05. The fourth-order valence-corrected chi connectivity index (χ4v) is 0.743. The Hall–Kier alpha value is -1.29. The van der Waals surface area contributed by atoms with Crippen LogP contribution in [0.25, 0.3) is 0 Å². The average Bonchev–Trinajstić information content (AvgIpc) is 2.04. The lowest BCUT2D eigenvalue weighted by molar-refractivity contribution is 0.371. The number of ether oxygens (including phenoxy) is 1. The van der Waals surface area contributed by atoms with Crippen LogP contribution in [0, 0.1) is 0 Å². The van der Waals surface area contributed by atoms with E-state index in [0.717, 1.165) is 0 Å². The molecule has 0 saturated carbocycles. The Bertz CT molecular complexity index is 250. The molecule has 0 amide bonds. The maximum Gasteiger partial charge on any atom is 0.178 e. The van der Waals surface area contributed by atoms with Gasteiger partial charge in [0.2, 0.25) is 0 Å². The highest BCUT2D eigenvalue weighted by atomic mass is 16.5. The molecule has 0 fully saturated rings. The molecule has 1 heterocycles. The Morgan fingerprint density at radius 2 is 2.45 bits per heavy atom. The molecule has 0 unspecified atom stereocenters. The van der Waals surface area contributed by atoms with E-state index in [1.807, 2.05) is 0 Å². The van der Waals surface area contributed by atoms with Crippen LogP contribution in [0.3, 0.4) is 0 Å². The number of pyridine rings is 1. The predicted molar refractivity (Wildman–Crippen MR) is 40.3 cm³/mol. The molecule has 0 aliphatic rings. The molecule has 1 aromatic rings. The van der Waals surface area contributed by atoms with Gasteiger partial charge < -0.3 is 15.6 Å². The largest absolute Gasteiger partial charge is 0.504 e. The molecule has 4 nitrogen and oxygen atoms in total. The van der Waals surface area contributed by atoms with Crippen molar-refractivity contribution >= 4 is 0 Å². The van der Waals surface area contributed by atoms with Gasteiger partial charge in [-0.1, -0.05) is 0 Å². The van der Waals surface area contributed by atoms with Crippen molar-refractivity contribution in [2.24, 2.45) is 5.73 Å².